The van der Waals surface area contributed by atoms with Crippen molar-refractivity contribution in [3.8, 4) is 0 Å². The second-order valence-corrected chi connectivity index (χ2v) is 7.48. The third kappa shape index (κ3) is 3.95. The van der Waals surface area contributed by atoms with Crippen LogP contribution < -0.4 is 4.90 Å². The van der Waals surface area contributed by atoms with Gasteiger partial charge in [-0.05, 0) is 33.6 Å². The monoisotopic (exact) mass is 334 g/mol. The Hall–Kier alpha value is -1.89. The summed E-state index contributed by atoms with van der Waals surface area (Å²) in [6, 6.07) is 0. The van der Waals surface area contributed by atoms with Crippen LogP contribution in [0.1, 0.15) is 33.6 Å². The summed E-state index contributed by atoms with van der Waals surface area (Å²) >= 11 is 0. The quantitative estimate of drug-likeness (QED) is 0.783. The number of amides is 1. The zero-order valence-corrected chi connectivity index (χ0v) is 14.7. The van der Waals surface area contributed by atoms with E-state index < -0.39 is 5.60 Å². The van der Waals surface area contributed by atoms with Gasteiger partial charge in [0.15, 0.2) is 0 Å². The highest BCUT2D eigenvalue weighted by molar-refractivity contribution is 5.68. The van der Waals surface area contributed by atoms with E-state index in [4.69, 9.17) is 9.47 Å². The summed E-state index contributed by atoms with van der Waals surface area (Å²) in [4.78, 5) is 24.7. The predicted octanol–water partition coefficient (Wildman–Crippen LogP) is 2.08. The largest absolute Gasteiger partial charge is 0.444 e. The lowest BCUT2D eigenvalue weighted by molar-refractivity contribution is -0.0914. The summed E-state index contributed by atoms with van der Waals surface area (Å²) in [5, 5.41) is 0. The number of carbonyl (C=O) groups is 1. The lowest BCUT2D eigenvalue weighted by atomic mass is 9.89. The minimum Gasteiger partial charge on any atom is -0.444 e. The number of carbonyl (C=O) groups excluding carboxylic acids is 1. The first-order chi connectivity index (χ1) is 11.4. The van der Waals surface area contributed by atoms with Gasteiger partial charge in [0.2, 0.25) is 0 Å². The number of ether oxygens (including phenoxy) is 2. The van der Waals surface area contributed by atoms with Crippen LogP contribution in [0.4, 0.5) is 10.6 Å². The van der Waals surface area contributed by atoms with Crippen molar-refractivity contribution in [1.29, 1.82) is 0 Å². The molecule has 0 radical (unpaired) electrons. The van der Waals surface area contributed by atoms with Crippen molar-refractivity contribution in [2.24, 2.45) is 0 Å². The van der Waals surface area contributed by atoms with Gasteiger partial charge in [0, 0.05) is 38.6 Å². The molecule has 3 rings (SSSR count). The minimum absolute atomic E-state index is 0.214. The van der Waals surface area contributed by atoms with Gasteiger partial charge in [-0.15, -0.1) is 0 Å². The minimum atomic E-state index is -0.462. The molecule has 7 heteroatoms. The molecule has 2 fully saturated rings. The molecule has 0 unspecified atom stereocenters. The normalized spacial score (nSPS) is 21.0. The van der Waals surface area contributed by atoms with E-state index in [1.54, 1.807) is 23.5 Å². The second-order valence-electron chi connectivity index (χ2n) is 7.48. The van der Waals surface area contributed by atoms with Crippen molar-refractivity contribution in [3.63, 3.8) is 0 Å². The molecule has 0 atom stereocenters. The summed E-state index contributed by atoms with van der Waals surface area (Å²) in [7, 11) is 0. The van der Waals surface area contributed by atoms with Crippen molar-refractivity contribution in [2.45, 2.75) is 44.8 Å². The Morgan fingerprint density at radius 2 is 2.00 bits per heavy atom. The molecular formula is C17H26N4O3. The number of anilines is 1. The molecule has 1 aromatic rings. The number of morpholine rings is 1. The van der Waals surface area contributed by atoms with E-state index in [0.29, 0.717) is 19.7 Å². The number of nitrogens with zero attached hydrogens (tertiary/aromatic N) is 4. The van der Waals surface area contributed by atoms with E-state index in [1.807, 2.05) is 20.8 Å². The van der Waals surface area contributed by atoms with Crippen LogP contribution in [-0.2, 0) is 9.47 Å². The molecule has 0 aliphatic carbocycles. The molecule has 1 spiro atoms. The fourth-order valence-corrected chi connectivity index (χ4v) is 3.22. The highest BCUT2D eigenvalue weighted by Crippen LogP contribution is 2.32. The molecule has 0 bridgehead atoms. The van der Waals surface area contributed by atoms with Crippen LogP contribution >= 0.6 is 0 Å². The van der Waals surface area contributed by atoms with E-state index in [9.17, 15) is 4.79 Å². The van der Waals surface area contributed by atoms with Crippen LogP contribution in [0.25, 0.3) is 0 Å². The molecule has 0 aromatic carbocycles. The topological polar surface area (TPSA) is 67.8 Å². The standard InChI is InChI=1S/C17H26N4O3/c1-16(2,3)24-15(22)20-8-4-17(5-9-20)13-21(10-11-23-17)14-12-18-6-7-19-14/h6-7,12H,4-5,8-11,13H2,1-3H3. The van der Waals surface area contributed by atoms with Crippen molar-refractivity contribution in [1.82, 2.24) is 14.9 Å². The summed E-state index contributed by atoms with van der Waals surface area (Å²) in [5.74, 6) is 0.884. The average Bonchev–Trinajstić information content (AvgIpc) is 2.55. The number of aromatic nitrogens is 2. The van der Waals surface area contributed by atoms with Gasteiger partial charge >= 0.3 is 6.09 Å². The lowest BCUT2D eigenvalue weighted by Crippen LogP contribution is -2.58. The van der Waals surface area contributed by atoms with E-state index in [-0.39, 0.29) is 11.7 Å². The van der Waals surface area contributed by atoms with Gasteiger partial charge in [-0.3, -0.25) is 4.98 Å². The lowest BCUT2D eigenvalue weighted by Gasteiger charge is -2.47. The van der Waals surface area contributed by atoms with Gasteiger partial charge in [0.25, 0.3) is 0 Å². The van der Waals surface area contributed by atoms with Gasteiger partial charge in [0.05, 0.1) is 18.4 Å². The van der Waals surface area contributed by atoms with Gasteiger partial charge in [0.1, 0.15) is 11.4 Å². The van der Waals surface area contributed by atoms with Crippen LogP contribution in [-0.4, -0.2) is 64.9 Å². The molecule has 2 saturated heterocycles. The highest BCUT2D eigenvalue weighted by atomic mass is 16.6. The molecule has 0 saturated carbocycles. The Labute approximate surface area is 143 Å². The smallest absolute Gasteiger partial charge is 0.410 e. The average molecular weight is 334 g/mol. The SMILES string of the molecule is CC(C)(C)OC(=O)N1CCC2(CC1)CN(c1cnccn1)CCO2. The van der Waals surface area contributed by atoms with E-state index in [0.717, 1.165) is 31.7 Å². The predicted molar refractivity (Wildman–Crippen MR) is 90.0 cm³/mol. The van der Waals surface area contributed by atoms with E-state index >= 15 is 0 Å². The first kappa shape index (κ1) is 17.0. The maximum absolute atomic E-state index is 12.2. The Bertz CT molecular complexity index is 565. The number of hydrogen-bond acceptors (Lipinski definition) is 6. The van der Waals surface area contributed by atoms with Crippen molar-refractivity contribution < 1.29 is 14.3 Å². The maximum atomic E-state index is 12.2. The molecule has 1 amide bonds. The highest BCUT2D eigenvalue weighted by Gasteiger charge is 2.41. The Morgan fingerprint density at radius 1 is 1.25 bits per heavy atom. The number of piperidine rings is 1. The summed E-state index contributed by atoms with van der Waals surface area (Å²) in [6.07, 6.45) is 6.56. The van der Waals surface area contributed by atoms with Gasteiger partial charge < -0.3 is 19.3 Å². The third-order valence-electron chi connectivity index (χ3n) is 4.45. The van der Waals surface area contributed by atoms with Crippen LogP contribution in [0.2, 0.25) is 0 Å². The van der Waals surface area contributed by atoms with Crippen molar-refractivity contribution in [2.75, 3.05) is 37.7 Å². The van der Waals surface area contributed by atoms with Crippen LogP contribution in [0.5, 0.6) is 0 Å². The molecule has 3 heterocycles. The van der Waals surface area contributed by atoms with Crippen LogP contribution in [0.3, 0.4) is 0 Å². The zero-order valence-electron chi connectivity index (χ0n) is 14.7. The fraction of sp³-hybridized carbons (Fsp3) is 0.706. The molecular weight excluding hydrogens is 308 g/mol. The summed E-state index contributed by atoms with van der Waals surface area (Å²) in [6.45, 7) is 9.25. The molecule has 0 N–H and O–H groups in total. The fourth-order valence-electron chi connectivity index (χ4n) is 3.22. The van der Waals surface area contributed by atoms with E-state index in [1.165, 1.54) is 0 Å². The van der Waals surface area contributed by atoms with Crippen LogP contribution in [0.15, 0.2) is 18.6 Å². The second kappa shape index (κ2) is 6.55. The van der Waals surface area contributed by atoms with Gasteiger partial charge in [-0.25, -0.2) is 9.78 Å². The molecule has 2 aliphatic rings. The van der Waals surface area contributed by atoms with Gasteiger partial charge in [-0.1, -0.05) is 0 Å². The maximum Gasteiger partial charge on any atom is 0.410 e. The summed E-state index contributed by atoms with van der Waals surface area (Å²) in [5.41, 5.74) is -0.676. The molecule has 1 aromatic heterocycles. The Kier molecular flexibility index (Phi) is 4.62. The Morgan fingerprint density at radius 3 is 2.62 bits per heavy atom. The molecule has 2 aliphatic heterocycles. The van der Waals surface area contributed by atoms with Crippen molar-refractivity contribution in [3.05, 3.63) is 18.6 Å². The Balaban J connectivity index is 1.59. The summed E-state index contributed by atoms with van der Waals surface area (Å²) < 4.78 is 11.6. The van der Waals surface area contributed by atoms with Crippen LogP contribution in [0, 0.1) is 0 Å². The molecule has 24 heavy (non-hydrogen) atoms. The molecule has 132 valence electrons. The van der Waals surface area contributed by atoms with Gasteiger partial charge in [-0.2, -0.15) is 0 Å². The molecule has 7 nitrogen and oxygen atoms in total. The van der Waals surface area contributed by atoms with Crippen molar-refractivity contribution >= 4 is 11.9 Å². The number of hydrogen-bond donors (Lipinski definition) is 0. The number of rotatable bonds is 1. The van der Waals surface area contributed by atoms with E-state index in [2.05, 4.69) is 14.9 Å². The number of likely N-dealkylation sites (tertiary alicyclic amines) is 1. The zero-order chi connectivity index (χ0) is 17.2. The first-order valence-corrected chi connectivity index (χ1v) is 8.50. The first-order valence-electron chi connectivity index (χ1n) is 8.50. The third-order valence-corrected chi connectivity index (χ3v) is 4.45.